The number of hydrogen-bond donors (Lipinski definition) is 2. The number of amides is 1. The van der Waals surface area contributed by atoms with Crippen molar-refractivity contribution in [1.29, 1.82) is 0 Å². The molecule has 1 aromatic heterocycles. The van der Waals surface area contributed by atoms with Gasteiger partial charge in [0.25, 0.3) is 0 Å². The third kappa shape index (κ3) is 3.38. The Balaban J connectivity index is 1.54. The van der Waals surface area contributed by atoms with Crippen LogP contribution in [0.1, 0.15) is 44.7 Å². The molecule has 1 amide bonds. The first kappa shape index (κ1) is 18.2. The van der Waals surface area contributed by atoms with Crippen molar-refractivity contribution in [2.75, 3.05) is 5.32 Å². The van der Waals surface area contributed by atoms with Crippen LogP contribution >= 0.6 is 0 Å². The quantitative estimate of drug-likeness (QED) is 0.719. The van der Waals surface area contributed by atoms with E-state index < -0.39 is 11.2 Å². The molecule has 6 nitrogen and oxygen atoms in total. The summed E-state index contributed by atoms with van der Waals surface area (Å²) in [7, 11) is 0. The first-order valence-electron chi connectivity index (χ1n) is 9.37. The summed E-state index contributed by atoms with van der Waals surface area (Å²) in [6, 6.07) is 15.6. The zero-order chi connectivity index (χ0) is 19.9. The van der Waals surface area contributed by atoms with Crippen LogP contribution in [0, 0.1) is 0 Å². The standard InChI is InChI=1S/C22H23N3O3/c1-21(2,3)15-7-9-16(10-8-15)22(11-12-22)19(26)23-17-6-4-5-14(13-17)18-24-20(27)28-25-18/h4-10,13H,11-12H2,1-3H3,(H,23,26)(H,24,25,27). The highest BCUT2D eigenvalue weighted by Gasteiger charge is 2.51. The average Bonchev–Trinajstić information content (AvgIpc) is 3.37. The smallest absolute Gasteiger partial charge is 0.325 e. The van der Waals surface area contributed by atoms with Gasteiger partial charge in [-0.25, -0.2) is 4.79 Å². The molecule has 0 saturated heterocycles. The molecule has 0 radical (unpaired) electrons. The lowest BCUT2D eigenvalue weighted by molar-refractivity contribution is -0.118. The second kappa shape index (κ2) is 6.48. The maximum absolute atomic E-state index is 13.0. The zero-order valence-corrected chi connectivity index (χ0v) is 16.2. The molecule has 1 saturated carbocycles. The zero-order valence-electron chi connectivity index (χ0n) is 16.2. The van der Waals surface area contributed by atoms with Crippen molar-refractivity contribution >= 4 is 11.6 Å². The van der Waals surface area contributed by atoms with Crippen LogP contribution in [0.25, 0.3) is 11.4 Å². The van der Waals surface area contributed by atoms with E-state index in [2.05, 4.69) is 65.0 Å². The molecule has 1 fully saturated rings. The fraction of sp³-hybridized carbons (Fsp3) is 0.318. The van der Waals surface area contributed by atoms with Crippen LogP contribution in [-0.4, -0.2) is 16.0 Å². The van der Waals surface area contributed by atoms with Crippen molar-refractivity contribution in [2.45, 2.75) is 44.4 Å². The molecule has 0 bridgehead atoms. The molecule has 28 heavy (non-hydrogen) atoms. The van der Waals surface area contributed by atoms with E-state index in [-0.39, 0.29) is 11.3 Å². The van der Waals surface area contributed by atoms with Crippen LogP contribution in [0.3, 0.4) is 0 Å². The number of anilines is 1. The van der Waals surface area contributed by atoms with Crippen LogP contribution in [-0.2, 0) is 15.6 Å². The van der Waals surface area contributed by atoms with E-state index in [1.807, 2.05) is 6.07 Å². The maximum Gasteiger partial charge on any atom is 0.439 e. The second-order valence-corrected chi connectivity index (χ2v) is 8.39. The van der Waals surface area contributed by atoms with Crippen molar-refractivity contribution in [1.82, 2.24) is 10.1 Å². The molecule has 2 N–H and O–H groups in total. The van der Waals surface area contributed by atoms with Crippen molar-refractivity contribution in [3.8, 4) is 11.4 Å². The minimum Gasteiger partial charge on any atom is -0.325 e. The fourth-order valence-corrected chi connectivity index (χ4v) is 3.41. The monoisotopic (exact) mass is 377 g/mol. The molecular formula is C22H23N3O3. The number of H-pyrrole nitrogens is 1. The molecule has 2 aromatic carbocycles. The summed E-state index contributed by atoms with van der Waals surface area (Å²) in [5.41, 5.74) is 3.25. The van der Waals surface area contributed by atoms with Gasteiger partial charge in [-0.1, -0.05) is 62.3 Å². The number of carbonyl (C=O) groups excluding carboxylic acids is 1. The van der Waals surface area contributed by atoms with Crippen LogP contribution in [0.15, 0.2) is 57.8 Å². The molecule has 0 spiro atoms. The van der Waals surface area contributed by atoms with Gasteiger partial charge in [0.15, 0.2) is 5.82 Å². The van der Waals surface area contributed by atoms with Gasteiger partial charge in [0, 0.05) is 11.3 Å². The number of rotatable bonds is 4. The molecule has 0 unspecified atom stereocenters. The lowest BCUT2D eigenvalue weighted by atomic mass is 9.85. The summed E-state index contributed by atoms with van der Waals surface area (Å²) >= 11 is 0. The normalized spacial score (nSPS) is 15.2. The Hall–Kier alpha value is -3.15. The van der Waals surface area contributed by atoms with E-state index >= 15 is 0 Å². The van der Waals surface area contributed by atoms with Crippen molar-refractivity contribution in [3.63, 3.8) is 0 Å². The fourth-order valence-electron chi connectivity index (χ4n) is 3.41. The molecule has 6 heteroatoms. The molecule has 0 atom stereocenters. The molecule has 0 aliphatic heterocycles. The van der Waals surface area contributed by atoms with Gasteiger partial charge in [0.1, 0.15) is 0 Å². The maximum atomic E-state index is 13.0. The molecular weight excluding hydrogens is 354 g/mol. The third-order valence-corrected chi connectivity index (χ3v) is 5.32. The van der Waals surface area contributed by atoms with Crippen molar-refractivity contribution < 1.29 is 9.32 Å². The SMILES string of the molecule is CC(C)(C)c1ccc(C2(C(=O)Nc3cccc(-c4noc(=O)[nH]4)c3)CC2)cc1. The summed E-state index contributed by atoms with van der Waals surface area (Å²) in [4.78, 5) is 26.7. The molecule has 3 aromatic rings. The Morgan fingerprint density at radius 3 is 2.43 bits per heavy atom. The van der Waals surface area contributed by atoms with E-state index in [0.29, 0.717) is 17.1 Å². The van der Waals surface area contributed by atoms with E-state index in [9.17, 15) is 9.59 Å². The highest BCUT2D eigenvalue weighted by molar-refractivity contribution is 6.01. The Morgan fingerprint density at radius 1 is 1.14 bits per heavy atom. The largest absolute Gasteiger partial charge is 0.439 e. The first-order chi connectivity index (χ1) is 13.3. The number of hydrogen-bond acceptors (Lipinski definition) is 4. The van der Waals surface area contributed by atoms with E-state index in [1.54, 1.807) is 18.2 Å². The van der Waals surface area contributed by atoms with Crippen LogP contribution in [0.5, 0.6) is 0 Å². The van der Waals surface area contributed by atoms with Gasteiger partial charge >= 0.3 is 5.76 Å². The summed E-state index contributed by atoms with van der Waals surface area (Å²) in [6.45, 7) is 6.53. The Morgan fingerprint density at radius 2 is 1.86 bits per heavy atom. The number of aromatic nitrogens is 2. The lowest BCUT2D eigenvalue weighted by Gasteiger charge is -2.21. The van der Waals surface area contributed by atoms with Gasteiger partial charge in [-0.15, -0.1) is 0 Å². The van der Waals surface area contributed by atoms with E-state index in [4.69, 9.17) is 0 Å². The van der Waals surface area contributed by atoms with Gasteiger partial charge in [-0.3, -0.25) is 14.3 Å². The molecule has 1 aliphatic rings. The van der Waals surface area contributed by atoms with Crippen LogP contribution < -0.4 is 11.1 Å². The summed E-state index contributed by atoms with van der Waals surface area (Å²) in [5.74, 6) is -0.290. The number of aromatic amines is 1. The Labute approximate surface area is 163 Å². The number of benzene rings is 2. The topological polar surface area (TPSA) is 88.0 Å². The predicted molar refractivity (Wildman–Crippen MR) is 107 cm³/mol. The Bertz CT molecular complexity index is 1070. The van der Waals surface area contributed by atoms with Gasteiger partial charge in [0.2, 0.25) is 5.91 Å². The summed E-state index contributed by atoms with van der Waals surface area (Å²) in [5, 5.41) is 6.70. The van der Waals surface area contributed by atoms with Gasteiger partial charge in [-0.2, -0.15) is 0 Å². The molecule has 1 aliphatic carbocycles. The van der Waals surface area contributed by atoms with Crippen molar-refractivity contribution in [2.24, 2.45) is 0 Å². The summed E-state index contributed by atoms with van der Waals surface area (Å²) in [6.07, 6.45) is 1.67. The predicted octanol–water partition coefficient (Wildman–Crippen LogP) is 4.00. The second-order valence-electron chi connectivity index (χ2n) is 8.39. The third-order valence-electron chi connectivity index (χ3n) is 5.32. The van der Waals surface area contributed by atoms with Crippen LogP contribution in [0.2, 0.25) is 0 Å². The minimum atomic E-state index is -0.611. The van der Waals surface area contributed by atoms with E-state index in [1.165, 1.54) is 5.56 Å². The summed E-state index contributed by atoms with van der Waals surface area (Å²) < 4.78 is 4.55. The molecule has 1 heterocycles. The van der Waals surface area contributed by atoms with Gasteiger partial charge in [-0.05, 0) is 41.5 Å². The lowest BCUT2D eigenvalue weighted by Crippen LogP contribution is -2.28. The molecule has 144 valence electrons. The van der Waals surface area contributed by atoms with Crippen molar-refractivity contribution in [3.05, 3.63) is 70.2 Å². The molecule has 4 rings (SSSR count). The van der Waals surface area contributed by atoms with Gasteiger partial charge in [0.05, 0.1) is 5.41 Å². The first-order valence-corrected chi connectivity index (χ1v) is 9.37. The highest BCUT2D eigenvalue weighted by Crippen LogP contribution is 2.49. The van der Waals surface area contributed by atoms with Gasteiger partial charge < -0.3 is 5.32 Å². The Kier molecular flexibility index (Phi) is 4.22. The van der Waals surface area contributed by atoms with E-state index in [0.717, 1.165) is 18.4 Å². The highest BCUT2D eigenvalue weighted by atomic mass is 16.5. The average molecular weight is 377 g/mol. The number of carbonyl (C=O) groups is 1. The number of nitrogens with one attached hydrogen (secondary N) is 2. The van der Waals surface area contributed by atoms with Crippen LogP contribution in [0.4, 0.5) is 5.69 Å². The number of nitrogens with zero attached hydrogens (tertiary/aromatic N) is 1. The minimum absolute atomic E-state index is 0.0122.